The van der Waals surface area contributed by atoms with E-state index in [4.69, 9.17) is 0 Å². The Morgan fingerprint density at radius 1 is 1.05 bits per heavy atom. The molecular weight excluding hydrogens is 248 g/mol. The van der Waals surface area contributed by atoms with E-state index in [-0.39, 0.29) is 11.9 Å². The van der Waals surface area contributed by atoms with Gasteiger partial charge in [0, 0.05) is 12.6 Å². The van der Waals surface area contributed by atoms with E-state index < -0.39 is 0 Å². The lowest BCUT2D eigenvalue weighted by Crippen LogP contribution is -2.51. The summed E-state index contributed by atoms with van der Waals surface area (Å²) in [5.74, 6) is 1.87. The fourth-order valence-corrected chi connectivity index (χ4v) is 4.22. The van der Waals surface area contributed by atoms with Crippen molar-refractivity contribution in [2.24, 2.45) is 11.8 Å². The third-order valence-electron chi connectivity index (χ3n) is 5.28. The average Bonchev–Trinajstić information content (AvgIpc) is 2.49. The molecule has 2 N–H and O–H groups in total. The van der Waals surface area contributed by atoms with E-state index >= 15 is 0 Å². The van der Waals surface area contributed by atoms with Gasteiger partial charge in [-0.05, 0) is 38.5 Å². The zero-order valence-electron chi connectivity index (χ0n) is 13.3. The monoisotopic (exact) mass is 280 g/mol. The Kier molecular flexibility index (Phi) is 6.34. The molecule has 3 nitrogen and oxygen atoms in total. The summed E-state index contributed by atoms with van der Waals surface area (Å²) < 4.78 is 0. The van der Waals surface area contributed by atoms with Gasteiger partial charge in [0.05, 0.1) is 6.04 Å². The van der Waals surface area contributed by atoms with E-state index in [1.807, 2.05) is 13.8 Å². The van der Waals surface area contributed by atoms with Crippen LogP contribution < -0.4 is 10.6 Å². The lowest BCUT2D eigenvalue weighted by molar-refractivity contribution is -0.123. The van der Waals surface area contributed by atoms with E-state index in [0.29, 0.717) is 6.04 Å². The lowest BCUT2D eigenvalue weighted by atomic mass is 9.71. The minimum absolute atomic E-state index is 0.0517. The molecule has 3 atom stereocenters. The van der Waals surface area contributed by atoms with Gasteiger partial charge in [-0.25, -0.2) is 0 Å². The van der Waals surface area contributed by atoms with Gasteiger partial charge < -0.3 is 10.6 Å². The van der Waals surface area contributed by atoms with Crippen molar-refractivity contribution in [3.05, 3.63) is 0 Å². The van der Waals surface area contributed by atoms with Crippen LogP contribution in [-0.2, 0) is 4.79 Å². The number of amides is 1. The van der Waals surface area contributed by atoms with Crippen LogP contribution >= 0.6 is 0 Å². The van der Waals surface area contributed by atoms with Gasteiger partial charge >= 0.3 is 0 Å². The number of carbonyl (C=O) groups is 1. The molecule has 2 aliphatic rings. The van der Waals surface area contributed by atoms with Gasteiger partial charge in [-0.3, -0.25) is 4.79 Å². The third-order valence-corrected chi connectivity index (χ3v) is 5.28. The van der Waals surface area contributed by atoms with Crippen LogP contribution in [0.3, 0.4) is 0 Å². The highest BCUT2D eigenvalue weighted by Gasteiger charge is 2.33. The molecule has 3 unspecified atom stereocenters. The van der Waals surface area contributed by atoms with Crippen molar-refractivity contribution in [2.75, 3.05) is 6.54 Å². The van der Waals surface area contributed by atoms with Crippen molar-refractivity contribution in [1.82, 2.24) is 10.6 Å². The Morgan fingerprint density at radius 2 is 1.70 bits per heavy atom. The van der Waals surface area contributed by atoms with Crippen LogP contribution in [0.1, 0.15) is 71.6 Å². The van der Waals surface area contributed by atoms with Crippen LogP contribution in [0.2, 0.25) is 0 Å². The van der Waals surface area contributed by atoms with Crippen molar-refractivity contribution < 1.29 is 4.79 Å². The number of carbonyl (C=O) groups excluding carboxylic acids is 1. The van der Waals surface area contributed by atoms with Crippen LogP contribution in [0, 0.1) is 11.8 Å². The van der Waals surface area contributed by atoms with Gasteiger partial charge in [0.2, 0.25) is 5.91 Å². The zero-order chi connectivity index (χ0) is 14.4. The summed E-state index contributed by atoms with van der Waals surface area (Å²) in [6.45, 7) is 4.72. The quantitative estimate of drug-likeness (QED) is 0.811. The van der Waals surface area contributed by atoms with E-state index in [9.17, 15) is 4.79 Å². The highest BCUT2D eigenvalue weighted by atomic mass is 16.2. The Labute approximate surface area is 124 Å². The number of likely N-dealkylation sites (N-methyl/N-ethyl adjacent to an activating group) is 1. The fraction of sp³-hybridized carbons (Fsp3) is 0.941. The lowest BCUT2D eigenvalue weighted by Gasteiger charge is -2.40. The highest BCUT2D eigenvalue weighted by Crippen LogP contribution is 2.38. The molecule has 2 saturated carbocycles. The molecule has 0 aliphatic heterocycles. The smallest absolute Gasteiger partial charge is 0.236 e. The summed E-state index contributed by atoms with van der Waals surface area (Å²) in [6.07, 6.45) is 12.4. The molecule has 0 bridgehead atoms. The molecular formula is C17H32N2O. The highest BCUT2D eigenvalue weighted by molar-refractivity contribution is 5.81. The van der Waals surface area contributed by atoms with Gasteiger partial charge in [0.15, 0.2) is 0 Å². The van der Waals surface area contributed by atoms with Crippen LogP contribution in [0.4, 0.5) is 0 Å². The van der Waals surface area contributed by atoms with Crippen molar-refractivity contribution in [2.45, 2.75) is 83.7 Å². The molecule has 0 radical (unpaired) electrons. The van der Waals surface area contributed by atoms with Gasteiger partial charge in [-0.2, -0.15) is 0 Å². The molecule has 0 aromatic rings. The van der Waals surface area contributed by atoms with Gasteiger partial charge in [-0.15, -0.1) is 0 Å². The maximum absolute atomic E-state index is 11.9. The van der Waals surface area contributed by atoms with E-state index in [2.05, 4.69) is 10.6 Å². The molecule has 0 saturated heterocycles. The Balaban J connectivity index is 1.90. The Bertz CT molecular complexity index is 299. The molecule has 3 heteroatoms. The summed E-state index contributed by atoms with van der Waals surface area (Å²) in [6, 6.07) is 0.508. The van der Waals surface area contributed by atoms with Crippen LogP contribution in [0.15, 0.2) is 0 Å². The summed E-state index contributed by atoms with van der Waals surface area (Å²) in [4.78, 5) is 11.9. The largest absolute Gasteiger partial charge is 0.355 e. The fourth-order valence-electron chi connectivity index (χ4n) is 4.22. The van der Waals surface area contributed by atoms with Crippen LogP contribution in [-0.4, -0.2) is 24.5 Å². The van der Waals surface area contributed by atoms with Crippen molar-refractivity contribution in [3.63, 3.8) is 0 Å². The average molecular weight is 280 g/mol. The molecule has 1 amide bonds. The third kappa shape index (κ3) is 4.21. The minimum Gasteiger partial charge on any atom is -0.355 e. The summed E-state index contributed by atoms with van der Waals surface area (Å²) >= 11 is 0. The molecule has 0 aromatic heterocycles. The topological polar surface area (TPSA) is 41.1 Å². The van der Waals surface area contributed by atoms with E-state index in [1.165, 1.54) is 57.8 Å². The second-order valence-corrected chi connectivity index (χ2v) is 6.74. The molecule has 2 rings (SSSR count). The predicted molar refractivity (Wildman–Crippen MR) is 83.6 cm³/mol. The van der Waals surface area contributed by atoms with Crippen molar-refractivity contribution >= 4 is 5.91 Å². The molecule has 116 valence electrons. The van der Waals surface area contributed by atoms with Crippen molar-refractivity contribution in [3.8, 4) is 0 Å². The van der Waals surface area contributed by atoms with E-state index in [0.717, 1.165) is 18.4 Å². The molecule has 2 aliphatic carbocycles. The van der Waals surface area contributed by atoms with Gasteiger partial charge in [-0.1, -0.05) is 44.9 Å². The van der Waals surface area contributed by atoms with Crippen LogP contribution in [0.25, 0.3) is 0 Å². The number of nitrogens with one attached hydrogen (secondary N) is 2. The molecule has 20 heavy (non-hydrogen) atoms. The number of rotatable bonds is 5. The van der Waals surface area contributed by atoms with Gasteiger partial charge in [0.25, 0.3) is 0 Å². The number of hydrogen-bond donors (Lipinski definition) is 2. The molecule has 0 heterocycles. The van der Waals surface area contributed by atoms with Gasteiger partial charge in [0.1, 0.15) is 0 Å². The summed E-state index contributed by atoms with van der Waals surface area (Å²) in [7, 11) is 0. The van der Waals surface area contributed by atoms with E-state index in [1.54, 1.807) is 0 Å². The number of hydrogen-bond acceptors (Lipinski definition) is 2. The maximum Gasteiger partial charge on any atom is 0.236 e. The first-order chi connectivity index (χ1) is 9.72. The Morgan fingerprint density at radius 3 is 2.40 bits per heavy atom. The maximum atomic E-state index is 11.9. The standard InChI is InChI=1S/C17H32N2O/c1-3-18-17(20)13(2)19-16-12-8-7-11-15(16)14-9-5-4-6-10-14/h13-16,19H,3-12H2,1-2H3,(H,18,20). The SMILES string of the molecule is CCNC(=O)C(C)NC1CCCCC1C1CCCCC1. The molecule has 0 aromatic carbocycles. The normalized spacial score (nSPS) is 29.9. The summed E-state index contributed by atoms with van der Waals surface area (Å²) in [5.41, 5.74) is 0. The van der Waals surface area contributed by atoms with Crippen molar-refractivity contribution in [1.29, 1.82) is 0 Å². The first-order valence-corrected chi connectivity index (χ1v) is 8.76. The Hall–Kier alpha value is -0.570. The minimum atomic E-state index is -0.0517. The first kappa shape index (κ1) is 15.8. The second-order valence-electron chi connectivity index (χ2n) is 6.74. The second kappa shape index (κ2) is 8.02. The first-order valence-electron chi connectivity index (χ1n) is 8.76. The van der Waals surface area contributed by atoms with Crippen LogP contribution in [0.5, 0.6) is 0 Å². The molecule has 2 fully saturated rings. The molecule has 0 spiro atoms. The zero-order valence-corrected chi connectivity index (χ0v) is 13.3. The summed E-state index contributed by atoms with van der Waals surface area (Å²) in [5, 5.41) is 6.57. The predicted octanol–water partition coefficient (Wildman–Crippen LogP) is 3.24.